The van der Waals surface area contributed by atoms with Crippen LogP contribution in [0.3, 0.4) is 0 Å². The molecule has 1 aliphatic rings. The monoisotopic (exact) mass is 455 g/mol. The summed E-state index contributed by atoms with van der Waals surface area (Å²) in [5.41, 5.74) is 1.51. The van der Waals surface area contributed by atoms with Crippen molar-refractivity contribution in [3.63, 3.8) is 0 Å². The lowest BCUT2D eigenvalue weighted by Crippen LogP contribution is -2.33. The summed E-state index contributed by atoms with van der Waals surface area (Å²) in [6, 6.07) is 8.87. The highest BCUT2D eigenvalue weighted by atomic mass is 16.5. The van der Waals surface area contributed by atoms with Gasteiger partial charge in [0.15, 0.2) is 11.5 Å². The van der Waals surface area contributed by atoms with Crippen LogP contribution in [0.1, 0.15) is 36.6 Å². The molecule has 1 heterocycles. The van der Waals surface area contributed by atoms with Crippen molar-refractivity contribution in [1.82, 2.24) is 4.90 Å². The first-order valence-electron chi connectivity index (χ1n) is 10.6. The number of nitrogens with zero attached hydrogens (tertiary/aromatic N) is 1. The normalized spacial score (nSPS) is 17.6. The molecule has 1 amide bonds. The van der Waals surface area contributed by atoms with Crippen LogP contribution in [0.25, 0.3) is 5.76 Å². The smallest absolute Gasteiger partial charge is 0.295 e. The predicted octanol–water partition coefficient (Wildman–Crippen LogP) is 3.56. The number of ether oxygens (including phenoxy) is 3. The maximum absolute atomic E-state index is 13.1. The number of phenols is 1. The number of benzene rings is 2. The summed E-state index contributed by atoms with van der Waals surface area (Å²) in [5, 5.41) is 21.6. The number of carbonyl (C=O) groups excluding carboxylic acids is 2. The van der Waals surface area contributed by atoms with E-state index in [-0.39, 0.29) is 42.1 Å². The number of Topliss-reactive ketones (excluding diaryl/α,β-unsaturated/α-hetero) is 1. The largest absolute Gasteiger partial charge is 0.507 e. The average Bonchev–Trinajstić information content (AvgIpc) is 3.03. The fourth-order valence-corrected chi connectivity index (χ4v) is 3.87. The van der Waals surface area contributed by atoms with Gasteiger partial charge in [0.1, 0.15) is 11.5 Å². The van der Waals surface area contributed by atoms with Gasteiger partial charge in [-0.15, -0.1) is 0 Å². The van der Waals surface area contributed by atoms with Crippen LogP contribution in [-0.4, -0.2) is 60.3 Å². The van der Waals surface area contributed by atoms with E-state index >= 15 is 0 Å². The van der Waals surface area contributed by atoms with Crippen molar-refractivity contribution in [3.05, 3.63) is 58.7 Å². The van der Waals surface area contributed by atoms with Crippen LogP contribution in [0.2, 0.25) is 0 Å². The Kier molecular flexibility index (Phi) is 7.28. The number of phenolic OH excluding ortho intramolecular Hbond substituents is 1. The van der Waals surface area contributed by atoms with Gasteiger partial charge in [-0.1, -0.05) is 17.7 Å². The highest BCUT2D eigenvalue weighted by Gasteiger charge is 2.46. The summed E-state index contributed by atoms with van der Waals surface area (Å²) >= 11 is 0. The molecule has 2 aromatic carbocycles. The van der Waals surface area contributed by atoms with Gasteiger partial charge in [0.05, 0.1) is 44.1 Å². The number of aryl methyl sites for hydroxylation is 1. The van der Waals surface area contributed by atoms with Crippen molar-refractivity contribution < 1.29 is 34.0 Å². The van der Waals surface area contributed by atoms with Crippen LogP contribution in [-0.2, 0) is 14.3 Å². The molecule has 2 aromatic rings. The highest BCUT2D eigenvalue weighted by molar-refractivity contribution is 6.46. The van der Waals surface area contributed by atoms with E-state index in [2.05, 4.69) is 0 Å². The molecule has 33 heavy (non-hydrogen) atoms. The number of amides is 1. The second kappa shape index (κ2) is 9.95. The quantitative estimate of drug-likeness (QED) is 0.356. The lowest BCUT2D eigenvalue weighted by atomic mass is 9.94. The zero-order valence-corrected chi connectivity index (χ0v) is 19.4. The van der Waals surface area contributed by atoms with Crippen molar-refractivity contribution in [1.29, 1.82) is 0 Å². The minimum Gasteiger partial charge on any atom is -0.507 e. The summed E-state index contributed by atoms with van der Waals surface area (Å²) in [6.45, 7) is 5.92. The van der Waals surface area contributed by atoms with Gasteiger partial charge in [-0.2, -0.15) is 0 Å². The van der Waals surface area contributed by atoms with Gasteiger partial charge in [-0.3, -0.25) is 9.59 Å². The van der Waals surface area contributed by atoms with Crippen molar-refractivity contribution in [2.75, 3.05) is 27.4 Å². The minimum atomic E-state index is -0.928. The molecule has 2 N–H and O–H groups in total. The van der Waals surface area contributed by atoms with Gasteiger partial charge in [0.2, 0.25) is 0 Å². The van der Waals surface area contributed by atoms with E-state index in [9.17, 15) is 19.8 Å². The minimum absolute atomic E-state index is 0.0538. The molecule has 3 rings (SSSR count). The van der Waals surface area contributed by atoms with E-state index in [0.29, 0.717) is 16.9 Å². The molecule has 0 bridgehead atoms. The second-order valence-electron chi connectivity index (χ2n) is 8.05. The van der Waals surface area contributed by atoms with Crippen LogP contribution in [0.4, 0.5) is 0 Å². The molecule has 176 valence electrons. The summed E-state index contributed by atoms with van der Waals surface area (Å²) in [5.74, 6) is -1.45. The molecule has 0 radical (unpaired) electrons. The Bertz CT molecular complexity index is 1090. The van der Waals surface area contributed by atoms with Gasteiger partial charge in [0.25, 0.3) is 11.7 Å². The van der Waals surface area contributed by atoms with Gasteiger partial charge in [-0.05, 0) is 50.6 Å². The second-order valence-corrected chi connectivity index (χ2v) is 8.05. The molecule has 0 spiro atoms. The third kappa shape index (κ3) is 4.80. The summed E-state index contributed by atoms with van der Waals surface area (Å²) < 4.78 is 16.1. The van der Waals surface area contributed by atoms with Crippen LogP contribution in [0.5, 0.6) is 17.2 Å². The van der Waals surface area contributed by atoms with Gasteiger partial charge in [0, 0.05) is 6.54 Å². The number of hydrogen-bond acceptors (Lipinski definition) is 7. The Labute approximate surface area is 193 Å². The molecule has 1 atom stereocenters. The lowest BCUT2D eigenvalue weighted by molar-refractivity contribution is -0.140. The van der Waals surface area contributed by atoms with Crippen molar-refractivity contribution in [2.45, 2.75) is 32.9 Å². The number of carbonyl (C=O) groups is 2. The van der Waals surface area contributed by atoms with Crippen molar-refractivity contribution in [3.8, 4) is 17.2 Å². The predicted molar refractivity (Wildman–Crippen MR) is 122 cm³/mol. The molecule has 8 nitrogen and oxygen atoms in total. The lowest BCUT2D eigenvalue weighted by Gasteiger charge is -2.26. The maximum Gasteiger partial charge on any atom is 0.295 e. The third-order valence-corrected chi connectivity index (χ3v) is 5.45. The van der Waals surface area contributed by atoms with Crippen LogP contribution >= 0.6 is 0 Å². The van der Waals surface area contributed by atoms with E-state index in [1.165, 1.54) is 25.2 Å². The van der Waals surface area contributed by atoms with Crippen LogP contribution < -0.4 is 9.47 Å². The maximum atomic E-state index is 13.1. The van der Waals surface area contributed by atoms with E-state index in [1.54, 1.807) is 24.3 Å². The van der Waals surface area contributed by atoms with E-state index in [1.807, 2.05) is 26.8 Å². The molecule has 1 unspecified atom stereocenters. The first-order valence-corrected chi connectivity index (χ1v) is 10.6. The SMILES string of the molecule is COc1ccc(C2/C(=C(\O)c3cc(C)ccc3OC)C(=O)C(=O)N2CCOC(C)C)cc1O. The Balaban J connectivity index is 2.19. The van der Waals surface area contributed by atoms with E-state index in [0.717, 1.165) is 5.56 Å². The number of rotatable bonds is 8. The first kappa shape index (κ1) is 24.1. The Morgan fingerprint density at radius 3 is 2.33 bits per heavy atom. The Morgan fingerprint density at radius 1 is 1.06 bits per heavy atom. The number of aromatic hydroxyl groups is 1. The van der Waals surface area contributed by atoms with Crippen molar-refractivity contribution >= 4 is 17.4 Å². The number of methoxy groups -OCH3 is 2. The molecule has 8 heteroatoms. The van der Waals surface area contributed by atoms with Gasteiger partial charge in [-0.25, -0.2) is 0 Å². The van der Waals surface area contributed by atoms with Crippen LogP contribution in [0.15, 0.2) is 42.0 Å². The standard InChI is InChI=1S/C25H29NO7/c1-14(2)33-11-10-26-22(16-7-9-20(32-5)18(27)13-16)21(24(29)25(26)30)23(28)17-12-15(3)6-8-19(17)31-4/h6-9,12-14,22,27-28H,10-11H2,1-5H3/b23-21+. The average molecular weight is 456 g/mol. The molecule has 1 saturated heterocycles. The van der Waals surface area contributed by atoms with E-state index < -0.39 is 17.7 Å². The summed E-state index contributed by atoms with van der Waals surface area (Å²) in [4.78, 5) is 27.5. The molecule has 0 aromatic heterocycles. The summed E-state index contributed by atoms with van der Waals surface area (Å²) in [7, 11) is 2.89. The number of ketones is 1. The highest BCUT2D eigenvalue weighted by Crippen LogP contribution is 2.42. The van der Waals surface area contributed by atoms with Gasteiger partial charge < -0.3 is 29.3 Å². The first-order chi connectivity index (χ1) is 15.7. The Morgan fingerprint density at radius 2 is 1.73 bits per heavy atom. The van der Waals surface area contributed by atoms with E-state index in [4.69, 9.17) is 14.2 Å². The van der Waals surface area contributed by atoms with Crippen molar-refractivity contribution in [2.24, 2.45) is 0 Å². The fraction of sp³-hybridized carbons (Fsp3) is 0.360. The van der Waals surface area contributed by atoms with Gasteiger partial charge >= 0.3 is 0 Å². The molecule has 1 aliphatic heterocycles. The number of hydrogen-bond donors (Lipinski definition) is 2. The van der Waals surface area contributed by atoms with Crippen LogP contribution in [0, 0.1) is 6.92 Å². The molecule has 0 saturated carbocycles. The number of aliphatic hydroxyl groups excluding tert-OH is 1. The zero-order chi connectivity index (χ0) is 24.3. The molecular weight excluding hydrogens is 426 g/mol. The Hall–Kier alpha value is -3.52. The topological polar surface area (TPSA) is 106 Å². The number of aliphatic hydroxyl groups is 1. The molecule has 0 aliphatic carbocycles. The summed E-state index contributed by atoms with van der Waals surface area (Å²) in [6.07, 6.45) is -0.0538. The third-order valence-electron chi connectivity index (χ3n) is 5.45. The zero-order valence-electron chi connectivity index (χ0n) is 19.4. The molecular formula is C25H29NO7. The fourth-order valence-electron chi connectivity index (χ4n) is 3.87. The molecule has 1 fully saturated rings. The number of likely N-dealkylation sites (tertiary alicyclic amines) is 1.